The summed E-state index contributed by atoms with van der Waals surface area (Å²) >= 11 is 1.86. The Hall–Kier alpha value is -0.950. The van der Waals surface area contributed by atoms with Gasteiger partial charge in [-0.3, -0.25) is 0 Å². The second-order valence-electron chi connectivity index (χ2n) is 3.81. The van der Waals surface area contributed by atoms with Gasteiger partial charge in [-0.1, -0.05) is 6.92 Å². The number of ether oxygens (including phenoxy) is 1. The number of hydrogen-bond acceptors (Lipinski definition) is 4. The first-order chi connectivity index (χ1) is 8.09. The molecule has 17 heavy (non-hydrogen) atoms. The van der Waals surface area contributed by atoms with Gasteiger partial charge in [0.15, 0.2) is 0 Å². The standard InChI is InChI=1S/C10H18N2O4S/c1-8-6-12(3-5-17-8)10(15)11-2-4-16-7-9(13)14/h8H,2-7H2,1H3,(H,11,15)(H,13,14). The minimum Gasteiger partial charge on any atom is -0.480 e. The van der Waals surface area contributed by atoms with Gasteiger partial charge in [-0.05, 0) is 0 Å². The van der Waals surface area contributed by atoms with Crippen LogP contribution in [0.2, 0.25) is 0 Å². The number of thioether (sulfide) groups is 1. The zero-order valence-electron chi connectivity index (χ0n) is 9.85. The number of carbonyl (C=O) groups excluding carboxylic acids is 1. The Bertz CT molecular complexity index is 275. The van der Waals surface area contributed by atoms with E-state index in [1.807, 2.05) is 11.8 Å². The molecule has 1 heterocycles. The Morgan fingerprint density at radius 1 is 1.59 bits per heavy atom. The Kier molecular flexibility index (Phi) is 6.13. The van der Waals surface area contributed by atoms with Crippen molar-refractivity contribution in [2.75, 3.05) is 38.6 Å². The molecule has 0 bridgehead atoms. The molecule has 0 saturated carbocycles. The number of carbonyl (C=O) groups is 2. The van der Waals surface area contributed by atoms with Gasteiger partial charge in [0.05, 0.1) is 6.61 Å². The molecule has 0 aliphatic carbocycles. The lowest BCUT2D eigenvalue weighted by atomic mass is 10.4. The first-order valence-corrected chi connectivity index (χ1v) is 6.58. The van der Waals surface area contributed by atoms with E-state index in [-0.39, 0.29) is 19.2 Å². The Morgan fingerprint density at radius 3 is 3.00 bits per heavy atom. The molecule has 2 amide bonds. The van der Waals surface area contributed by atoms with Crippen molar-refractivity contribution in [3.8, 4) is 0 Å². The van der Waals surface area contributed by atoms with Crippen molar-refractivity contribution < 1.29 is 19.4 Å². The molecule has 6 nitrogen and oxygen atoms in total. The summed E-state index contributed by atoms with van der Waals surface area (Å²) in [7, 11) is 0. The van der Waals surface area contributed by atoms with Gasteiger partial charge in [-0.25, -0.2) is 9.59 Å². The number of amides is 2. The van der Waals surface area contributed by atoms with Crippen LogP contribution in [-0.4, -0.2) is 65.9 Å². The average Bonchev–Trinajstić information content (AvgIpc) is 2.28. The fraction of sp³-hybridized carbons (Fsp3) is 0.800. The van der Waals surface area contributed by atoms with Gasteiger partial charge in [0.25, 0.3) is 0 Å². The van der Waals surface area contributed by atoms with Crippen molar-refractivity contribution in [2.45, 2.75) is 12.2 Å². The van der Waals surface area contributed by atoms with E-state index in [1.165, 1.54) is 0 Å². The molecule has 0 aromatic carbocycles. The molecule has 1 rings (SSSR count). The quantitative estimate of drug-likeness (QED) is 0.694. The van der Waals surface area contributed by atoms with Gasteiger partial charge in [-0.2, -0.15) is 11.8 Å². The van der Waals surface area contributed by atoms with Crippen LogP contribution in [0.25, 0.3) is 0 Å². The van der Waals surface area contributed by atoms with Crippen molar-refractivity contribution in [1.29, 1.82) is 0 Å². The lowest BCUT2D eigenvalue weighted by Gasteiger charge is -2.30. The number of rotatable bonds is 5. The molecule has 0 aromatic heterocycles. The summed E-state index contributed by atoms with van der Waals surface area (Å²) in [6, 6.07) is -0.101. The number of carboxylic acid groups (broad SMARTS) is 1. The van der Waals surface area contributed by atoms with Gasteiger partial charge < -0.3 is 20.1 Å². The summed E-state index contributed by atoms with van der Waals surface area (Å²) in [6.45, 7) is 3.84. The molecule has 1 atom stereocenters. The maximum Gasteiger partial charge on any atom is 0.329 e. The smallest absolute Gasteiger partial charge is 0.329 e. The fourth-order valence-corrected chi connectivity index (χ4v) is 2.52. The van der Waals surface area contributed by atoms with Crippen LogP contribution in [0.15, 0.2) is 0 Å². The Balaban J connectivity index is 2.10. The number of aliphatic carboxylic acids is 1. The van der Waals surface area contributed by atoms with Crippen molar-refractivity contribution in [3.63, 3.8) is 0 Å². The van der Waals surface area contributed by atoms with Gasteiger partial charge in [0.1, 0.15) is 6.61 Å². The van der Waals surface area contributed by atoms with Crippen molar-refractivity contribution >= 4 is 23.8 Å². The molecule has 1 saturated heterocycles. The number of nitrogens with one attached hydrogen (secondary N) is 1. The van der Waals surface area contributed by atoms with Crippen LogP contribution < -0.4 is 5.32 Å². The molecule has 1 aliphatic rings. The maximum atomic E-state index is 11.7. The van der Waals surface area contributed by atoms with Crippen LogP contribution >= 0.6 is 11.8 Å². The first kappa shape index (κ1) is 14.1. The first-order valence-electron chi connectivity index (χ1n) is 5.53. The number of nitrogens with zero attached hydrogens (tertiary/aromatic N) is 1. The number of hydrogen-bond donors (Lipinski definition) is 2. The van der Waals surface area contributed by atoms with E-state index < -0.39 is 5.97 Å². The summed E-state index contributed by atoms with van der Waals surface area (Å²) in [5.74, 6) is -0.0393. The fourth-order valence-electron chi connectivity index (χ4n) is 1.50. The van der Waals surface area contributed by atoms with E-state index in [2.05, 4.69) is 12.2 Å². The monoisotopic (exact) mass is 262 g/mol. The summed E-state index contributed by atoms with van der Waals surface area (Å²) in [5, 5.41) is 11.5. The molecule has 0 radical (unpaired) electrons. The van der Waals surface area contributed by atoms with Crippen molar-refractivity contribution in [1.82, 2.24) is 10.2 Å². The van der Waals surface area contributed by atoms with Crippen LogP contribution in [-0.2, 0) is 9.53 Å². The van der Waals surface area contributed by atoms with E-state index in [9.17, 15) is 9.59 Å². The summed E-state index contributed by atoms with van der Waals surface area (Å²) in [5.41, 5.74) is 0. The van der Waals surface area contributed by atoms with Crippen molar-refractivity contribution in [2.24, 2.45) is 0 Å². The van der Waals surface area contributed by atoms with Crippen LogP contribution in [0.5, 0.6) is 0 Å². The Morgan fingerprint density at radius 2 is 2.35 bits per heavy atom. The number of urea groups is 1. The molecule has 2 N–H and O–H groups in total. The highest BCUT2D eigenvalue weighted by Gasteiger charge is 2.20. The molecular weight excluding hydrogens is 244 g/mol. The minimum atomic E-state index is -1.00. The van der Waals surface area contributed by atoms with Crippen LogP contribution in [0.4, 0.5) is 4.79 Å². The second-order valence-corrected chi connectivity index (χ2v) is 5.35. The zero-order chi connectivity index (χ0) is 12.7. The number of carboxylic acids is 1. The third kappa shape index (κ3) is 5.78. The van der Waals surface area contributed by atoms with E-state index in [0.29, 0.717) is 11.8 Å². The molecule has 1 fully saturated rings. The predicted octanol–water partition coefficient (Wildman–Crippen LogP) is 0.234. The highest BCUT2D eigenvalue weighted by Crippen LogP contribution is 2.17. The zero-order valence-corrected chi connectivity index (χ0v) is 10.7. The topological polar surface area (TPSA) is 78.9 Å². The predicted molar refractivity (Wildman–Crippen MR) is 65.3 cm³/mol. The normalized spacial score (nSPS) is 20.1. The van der Waals surface area contributed by atoms with Gasteiger partial charge >= 0.3 is 12.0 Å². The van der Waals surface area contributed by atoms with E-state index in [4.69, 9.17) is 9.84 Å². The van der Waals surface area contributed by atoms with E-state index in [1.54, 1.807) is 4.90 Å². The minimum absolute atomic E-state index is 0.101. The largest absolute Gasteiger partial charge is 0.480 e. The molecule has 7 heteroatoms. The van der Waals surface area contributed by atoms with Crippen molar-refractivity contribution in [3.05, 3.63) is 0 Å². The maximum absolute atomic E-state index is 11.7. The van der Waals surface area contributed by atoms with Gasteiger partial charge in [-0.15, -0.1) is 0 Å². The molecule has 1 aliphatic heterocycles. The molecule has 0 spiro atoms. The lowest BCUT2D eigenvalue weighted by molar-refractivity contribution is -0.142. The van der Waals surface area contributed by atoms with Crippen LogP contribution in [0.3, 0.4) is 0 Å². The average molecular weight is 262 g/mol. The highest BCUT2D eigenvalue weighted by molar-refractivity contribution is 7.99. The SMILES string of the molecule is CC1CN(C(=O)NCCOCC(=O)O)CCS1. The third-order valence-corrected chi connectivity index (χ3v) is 3.41. The van der Waals surface area contributed by atoms with Crippen LogP contribution in [0.1, 0.15) is 6.92 Å². The highest BCUT2D eigenvalue weighted by atomic mass is 32.2. The van der Waals surface area contributed by atoms with Gasteiger partial charge in [0, 0.05) is 30.6 Å². The Labute approximate surface area is 105 Å². The molecular formula is C10H18N2O4S. The molecule has 98 valence electrons. The van der Waals surface area contributed by atoms with E-state index >= 15 is 0 Å². The summed E-state index contributed by atoms with van der Waals surface area (Å²) in [6.07, 6.45) is 0. The summed E-state index contributed by atoms with van der Waals surface area (Å²) < 4.78 is 4.82. The lowest BCUT2D eigenvalue weighted by Crippen LogP contribution is -2.47. The summed E-state index contributed by atoms with van der Waals surface area (Å²) in [4.78, 5) is 23.6. The van der Waals surface area contributed by atoms with Crippen LogP contribution in [0, 0.1) is 0 Å². The second kappa shape index (κ2) is 7.39. The van der Waals surface area contributed by atoms with Gasteiger partial charge in [0.2, 0.25) is 0 Å². The van der Waals surface area contributed by atoms with E-state index in [0.717, 1.165) is 18.8 Å². The molecule has 0 aromatic rings. The third-order valence-electron chi connectivity index (χ3n) is 2.28. The molecule has 1 unspecified atom stereocenters.